The van der Waals surface area contributed by atoms with Crippen LogP contribution in [0, 0.1) is 0 Å². The van der Waals surface area contributed by atoms with E-state index in [9.17, 15) is 4.79 Å². The number of imidazole rings is 1. The highest BCUT2D eigenvalue weighted by Crippen LogP contribution is 2.32. The summed E-state index contributed by atoms with van der Waals surface area (Å²) in [5, 5.41) is 0. The van der Waals surface area contributed by atoms with Gasteiger partial charge in [-0.15, -0.1) is 0 Å². The van der Waals surface area contributed by atoms with E-state index in [1.165, 1.54) is 16.8 Å². The summed E-state index contributed by atoms with van der Waals surface area (Å²) in [6.07, 6.45) is 2.18. The first kappa shape index (κ1) is 29.8. The van der Waals surface area contributed by atoms with Gasteiger partial charge < -0.3 is 10.3 Å². The highest BCUT2D eigenvalue weighted by atomic mass is 16.2. The summed E-state index contributed by atoms with van der Waals surface area (Å²) in [6, 6.07) is 39.4. The number of nitrogens with zero attached hydrogens (tertiary/aromatic N) is 4. The van der Waals surface area contributed by atoms with Crippen LogP contribution < -0.4 is 10.6 Å². The SMILES string of the molecule is CCCCn1c(-c2ccccc2)nc(-c2ccccc2)c1CN(Cc1ccccc1)Cc1ccc(N(CC)C(N)=O)cc1. The number of carbonyl (C=O) groups is 1. The smallest absolute Gasteiger partial charge is 0.319 e. The summed E-state index contributed by atoms with van der Waals surface area (Å²) < 4.78 is 2.44. The molecule has 0 aliphatic rings. The second-order valence-corrected chi connectivity index (χ2v) is 10.8. The van der Waals surface area contributed by atoms with Crippen LogP contribution in [0.3, 0.4) is 0 Å². The number of aromatic nitrogens is 2. The van der Waals surface area contributed by atoms with Gasteiger partial charge in [0.2, 0.25) is 0 Å². The van der Waals surface area contributed by atoms with Crippen molar-refractivity contribution in [2.45, 2.75) is 52.9 Å². The van der Waals surface area contributed by atoms with Crippen molar-refractivity contribution in [2.24, 2.45) is 5.73 Å². The fourth-order valence-electron chi connectivity index (χ4n) is 5.56. The number of unbranched alkanes of at least 4 members (excludes halogenated alkanes) is 1. The Hall–Kier alpha value is -4.68. The summed E-state index contributed by atoms with van der Waals surface area (Å²) in [4.78, 5) is 21.3. The maximum Gasteiger partial charge on any atom is 0.319 e. The van der Waals surface area contributed by atoms with Gasteiger partial charge in [0.05, 0.1) is 11.4 Å². The Morgan fingerprint density at radius 1 is 0.721 bits per heavy atom. The zero-order valence-corrected chi connectivity index (χ0v) is 25.2. The number of carbonyl (C=O) groups excluding carboxylic acids is 1. The second kappa shape index (κ2) is 14.5. The number of amides is 2. The van der Waals surface area contributed by atoms with Gasteiger partial charge in [0.1, 0.15) is 5.82 Å². The molecule has 4 aromatic carbocycles. The van der Waals surface area contributed by atoms with Crippen LogP contribution in [-0.2, 0) is 26.2 Å². The predicted octanol–water partition coefficient (Wildman–Crippen LogP) is 8.12. The first-order valence-electron chi connectivity index (χ1n) is 15.2. The van der Waals surface area contributed by atoms with Crippen LogP contribution in [0.5, 0.6) is 0 Å². The van der Waals surface area contributed by atoms with Crippen molar-refractivity contribution < 1.29 is 4.79 Å². The van der Waals surface area contributed by atoms with E-state index in [2.05, 4.69) is 120 Å². The van der Waals surface area contributed by atoms with Crippen LogP contribution in [0.15, 0.2) is 115 Å². The zero-order chi connectivity index (χ0) is 30.0. The second-order valence-electron chi connectivity index (χ2n) is 10.8. The highest BCUT2D eigenvalue weighted by Gasteiger charge is 2.22. The van der Waals surface area contributed by atoms with Gasteiger partial charge in [0.15, 0.2) is 0 Å². The fraction of sp³-hybridized carbons (Fsp3) is 0.243. The Morgan fingerprint density at radius 2 is 1.28 bits per heavy atom. The monoisotopic (exact) mass is 571 g/mol. The number of hydrogen-bond donors (Lipinski definition) is 1. The molecular weight excluding hydrogens is 530 g/mol. The molecule has 6 nitrogen and oxygen atoms in total. The van der Waals surface area contributed by atoms with E-state index in [1.54, 1.807) is 4.90 Å². The normalized spacial score (nSPS) is 11.1. The van der Waals surface area contributed by atoms with Crippen molar-refractivity contribution in [2.75, 3.05) is 11.4 Å². The highest BCUT2D eigenvalue weighted by molar-refractivity contribution is 5.90. The number of anilines is 1. The average molecular weight is 572 g/mol. The molecule has 1 heterocycles. The Morgan fingerprint density at radius 3 is 1.84 bits per heavy atom. The lowest BCUT2D eigenvalue weighted by Gasteiger charge is -2.25. The number of nitrogens with two attached hydrogens (primary N) is 1. The molecular formula is C37H41N5O. The molecule has 0 atom stereocenters. The van der Waals surface area contributed by atoms with Gasteiger partial charge in [-0.05, 0) is 36.6 Å². The summed E-state index contributed by atoms with van der Waals surface area (Å²) in [6.45, 7) is 7.86. The van der Waals surface area contributed by atoms with Gasteiger partial charge in [0, 0.05) is 49.5 Å². The lowest BCUT2D eigenvalue weighted by Crippen LogP contribution is -2.35. The molecule has 0 fully saturated rings. The van der Waals surface area contributed by atoms with Gasteiger partial charge in [-0.2, -0.15) is 0 Å². The third kappa shape index (κ3) is 7.40. The molecule has 0 radical (unpaired) electrons. The number of rotatable bonds is 13. The topological polar surface area (TPSA) is 67.4 Å². The maximum atomic E-state index is 11.9. The van der Waals surface area contributed by atoms with Crippen LogP contribution in [0.25, 0.3) is 22.6 Å². The van der Waals surface area contributed by atoms with E-state index in [1.807, 2.05) is 19.1 Å². The van der Waals surface area contributed by atoms with Crippen molar-refractivity contribution in [3.05, 3.63) is 132 Å². The number of urea groups is 1. The van der Waals surface area contributed by atoms with E-state index in [4.69, 9.17) is 10.7 Å². The van der Waals surface area contributed by atoms with Crippen LogP contribution in [0.2, 0.25) is 0 Å². The van der Waals surface area contributed by atoms with Gasteiger partial charge >= 0.3 is 6.03 Å². The van der Waals surface area contributed by atoms with Crippen LogP contribution in [-0.4, -0.2) is 27.0 Å². The molecule has 1 aromatic heterocycles. The Labute approximate surface area is 255 Å². The number of hydrogen-bond acceptors (Lipinski definition) is 3. The van der Waals surface area contributed by atoms with E-state index in [0.29, 0.717) is 6.54 Å². The Bertz CT molecular complexity index is 1580. The largest absolute Gasteiger partial charge is 0.351 e. The van der Waals surface area contributed by atoms with Crippen molar-refractivity contribution in [1.82, 2.24) is 14.5 Å². The Balaban J connectivity index is 1.56. The van der Waals surface area contributed by atoms with Gasteiger partial charge in [-0.3, -0.25) is 9.80 Å². The quantitative estimate of drug-likeness (QED) is 0.155. The molecule has 220 valence electrons. The van der Waals surface area contributed by atoms with E-state index in [0.717, 1.165) is 67.4 Å². The van der Waals surface area contributed by atoms with Crippen molar-refractivity contribution in [1.29, 1.82) is 0 Å². The predicted molar refractivity (Wildman–Crippen MR) is 176 cm³/mol. The van der Waals surface area contributed by atoms with Crippen LogP contribution in [0.4, 0.5) is 10.5 Å². The van der Waals surface area contributed by atoms with Crippen molar-refractivity contribution in [3.8, 4) is 22.6 Å². The van der Waals surface area contributed by atoms with Gasteiger partial charge in [-0.25, -0.2) is 9.78 Å². The minimum atomic E-state index is -0.441. The van der Waals surface area contributed by atoms with E-state index >= 15 is 0 Å². The molecule has 0 saturated heterocycles. The third-order valence-electron chi connectivity index (χ3n) is 7.75. The minimum Gasteiger partial charge on any atom is -0.351 e. The fourth-order valence-corrected chi connectivity index (χ4v) is 5.56. The summed E-state index contributed by atoms with van der Waals surface area (Å²) in [7, 11) is 0. The zero-order valence-electron chi connectivity index (χ0n) is 25.2. The molecule has 6 heteroatoms. The van der Waals surface area contributed by atoms with Crippen LogP contribution >= 0.6 is 0 Å². The summed E-state index contributed by atoms with van der Waals surface area (Å²) in [5.41, 5.74) is 13.3. The van der Waals surface area contributed by atoms with E-state index in [-0.39, 0.29) is 0 Å². The molecule has 0 spiro atoms. The molecule has 5 rings (SSSR count). The van der Waals surface area contributed by atoms with Crippen molar-refractivity contribution >= 4 is 11.7 Å². The van der Waals surface area contributed by atoms with Crippen molar-refractivity contribution in [3.63, 3.8) is 0 Å². The third-order valence-corrected chi connectivity index (χ3v) is 7.75. The summed E-state index contributed by atoms with van der Waals surface area (Å²) >= 11 is 0. The Kier molecular flexibility index (Phi) is 10.0. The molecule has 0 unspecified atom stereocenters. The first-order chi connectivity index (χ1) is 21.1. The standard InChI is InChI=1S/C37H41N5O/c1-3-5-25-42-34(35(31-17-11-7-12-18-31)39-36(42)32-19-13-8-14-20-32)28-40(26-29-15-9-6-10-16-29)27-30-21-23-33(24-22-30)41(4-2)37(38)43/h6-24H,3-5,25-28H2,1-2H3,(H2,38,43). The molecule has 0 aliphatic carbocycles. The van der Waals surface area contributed by atoms with Gasteiger partial charge in [0.25, 0.3) is 0 Å². The van der Waals surface area contributed by atoms with Crippen LogP contribution in [0.1, 0.15) is 43.5 Å². The lowest BCUT2D eigenvalue weighted by atomic mass is 10.1. The molecule has 0 bridgehead atoms. The molecule has 0 aliphatic heterocycles. The average Bonchev–Trinajstić information content (AvgIpc) is 3.40. The summed E-state index contributed by atoms with van der Waals surface area (Å²) in [5.74, 6) is 1.01. The van der Waals surface area contributed by atoms with Gasteiger partial charge in [-0.1, -0.05) is 116 Å². The number of primary amides is 1. The number of benzene rings is 4. The molecule has 2 amide bonds. The first-order valence-corrected chi connectivity index (χ1v) is 15.2. The molecule has 0 saturated carbocycles. The molecule has 5 aromatic rings. The molecule has 2 N–H and O–H groups in total. The minimum absolute atomic E-state index is 0.441. The molecule has 43 heavy (non-hydrogen) atoms. The van der Waals surface area contributed by atoms with E-state index < -0.39 is 6.03 Å². The maximum absolute atomic E-state index is 11.9. The lowest BCUT2D eigenvalue weighted by molar-refractivity contribution is 0.241.